The fraction of sp³-hybridized carbons (Fsp3) is 0.250. The molecule has 184 valence electrons. The van der Waals surface area contributed by atoms with E-state index in [0.29, 0.717) is 23.0 Å². The van der Waals surface area contributed by atoms with Crippen LogP contribution in [0.15, 0.2) is 84.9 Å². The van der Waals surface area contributed by atoms with Crippen LogP contribution in [0.5, 0.6) is 34.5 Å². The van der Waals surface area contributed by atoms with Gasteiger partial charge in [-0.1, -0.05) is 67.8 Å². The monoisotopic (exact) mass is 480 g/mol. The van der Waals surface area contributed by atoms with Gasteiger partial charge in [0.25, 0.3) is 0 Å². The number of phenols is 2. The van der Waals surface area contributed by atoms with Crippen molar-refractivity contribution in [3.05, 3.63) is 107 Å². The number of phenolic OH excluding ortho intramolecular Hbond substituents is 2. The topological polar surface area (TPSA) is 58.9 Å². The molecule has 0 radical (unpaired) electrons. The predicted octanol–water partition coefficient (Wildman–Crippen LogP) is 8.55. The zero-order valence-corrected chi connectivity index (χ0v) is 20.8. The quantitative estimate of drug-likeness (QED) is 0.290. The molecule has 4 nitrogen and oxygen atoms in total. The summed E-state index contributed by atoms with van der Waals surface area (Å²) in [4.78, 5) is 0. The van der Waals surface area contributed by atoms with Crippen LogP contribution in [0.2, 0.25) is 0 Å². The first kappa shape index (κ1) is 23.8. The highest BCUT2D eigenvalue weighted by Gasteiger charge is 2.38. The molecule has 4 aromatic carbocycles. The van der Waals surface area contributed by atoms with Crippen LogP contribution in [0.1, 0.15) is 54.4 Å². The maximum absolute atomic E-state index is 10.8. The van der Waals surface area contributed by atoms with Crippen molar-refractivity contribution in [2.45, 2.75) is 51.4 Å². The van der Waals surface area contributed by atoms with Gasteiger partial charge in [0.05, 0.1) is 0 Å². The van der Waals surface area contributed by atoms with Gasteiger partial charge in [0.1, 0.15) is 11.5 Å². The van der Waals surface area contributed by atoms with Crippen molar-refractivity contribution < 1.29 is 19.7 Å². The van der Waals surface area contributed by atoms with Crippen LogP contribution in [0.3, 0.4) is 0 Å². The van der Waals surface area contributed by atoms with Crippen molar-refractivity contribution in [3.8, 4) is 34.5 Å². The number of para-hydroxylation sites is 2. The Balaban J connectivity index is 1.62. The summed E-state index contributed by atoms with van der Waals surface area (Å²) >= 11 is 0. The van der Waals surface area contributed by atoms with E-state index in [1.54, 1.807) is 0 Å². The van der Waals surface area contributed by atoms with Gasteiger partial charge in [-0.15, -0.1) is 0 Å². The van der Waals surface area contributed by atoms with Gasteiger partial charge < -0.3 is 19.7 Å². The van der Waals surface area contributed by atoms with Gasteiger partial charge in [-0.3, -0.25) is 0 Å². The average Bonchev–Trinajstić information content (AvgIpc) is 2.90. The van der Waals surface area contributed by atoms with Gasteiger partial charge in [-0.05, 0) is 85.3 Å². The van der Waals surface area contributed by atoms with Crippen LogP contribution >= 0.6 is 0 Å². The van der Waals surface area contributed by atoms with Crippen molar-refractivity contribution in [1.82, 2.24) is 0 Å². The molecular weight excluding hydrogens is 448 g/mol. The minimum Gasteiger partial charge on any atom is -0.504 e. The smallest absolute Gasteiger partial charge is 0.169 e. The Bertz CT molecular complexity index is 1240. The number of hydrogen-bond acceptors (Lipinski definition) is 4. The number of rotatable bonds is 6. The molecule has 1 fully saturated rings. The fourth-order valence-electron chi connectivity index (χ4n) is 5.33. The second kappa shape index (κ2) is 9.98. The lowest BCUT2D eigenvalue weighted by molar-refractivity contribution is 0.339. The molecular formula is C32H32O4. The molecule has 4 heteroatoms. The zero-order valence-electron chi connectivity index (χ0n) is 20.8. The van der Waals surface area contributed by atoms with Crippen molar-refractivity contribution >= 4 is 0 Å². The molecule has 0 atom stereocenters. The number of benzene rings is 4. The van der Waals surface area contributed by atoms with Crippen LogP contribution in [0, 0.1) is 13.8 Å². The third-order valence-electron chi connectivity index (χ3n) is 7.29. The number of ether oxygens (including phenoxy) is 2. The summed E-state index contributed by atoms with van der Waals surface area (Å²) in [5.41, 5.74) is 3.50. The minimum atomic E-state index is -0.279. The predicted molar refractivity (Wildman–Crippen MR) is 143 cm³/mol. The maximum Gasteiger partial charge on any atom is 0.169 e. The lowest BCUT2D eigenvalue weighted by Gasteiger charge is -2.39. The molecule has 0 aliphatic heterocycles. The van der Waals surface area contributed by atoms with E-state index in [9.17, 15) is 10.2 Å². The van der Waals surface area contributed by atoms with Crippen LogP contribution in [0.25, 0.3) is 0 Å². The first-order valence-electron chi connectivity index (χ1n) is 12.6. The van der Waals surface area contributed by atoms with Crippen molar-refractivity contribution in [2.24, 2.45) is 0 Å². The van der Waals surface area contributed by atoms with E-state index in [-0.39, 0.29) is 16.9 Å². The Labute approximate surface area is 212 Å². The molecule has 1 aliphatic rings. The molecule has 1 saturated carbocycles. The molecule has 0 spiro atoms. The average molecular weight is 481 g/mol. The van der Waals surface area contributed by atoms with Crippen molar-refractivity contribution in [1.29, 1.82) is 0 Å². The highest BCUT2D eigenvalue weighted by atomic mass is 16.5. The van der Waals surface area contributed by atoms with Crippen LogP contribution in [0.4, 0.5) is 0 Å². The molecule has 1 aliphatic carbocycles. The van der Waals surface area contributed by atoms with Gasteiger partial charge in [-0.25, -0.2) is 0 Å². The van der Waals surface area contributed by atoms with E-state index in [4.69, 9.17) is 9.47 Å². The van der Waals surface area contributed by atoms with Crippen molar-refractivity contribution in [2.75, 3.05) is 0 Å². The third kappa shape index (κ3) is 4.64. The van der Waals surface area contributed by atoms with E-state index >= 15 is 0 Å². The second-order valence-corrected chi connectivity index (χ2v) is 9.75. The van der Waals surface area contributed by atoms with E-state index in [1.807, 2.05) is 86.6 Å². The Morgan fingerprint density at radius 2 is 1.00 bits per heavy atom. The first-order valence-corrected chi connectivity index (χ1v) is 12.6. The molecule has 0 amide bonds. The molecule has 0 heterocycles. The molecule has 2 N–H and O–H groups in total. The molecule has 5 rings (SSSR count). The molecule has 0 unspecified atom stereocenters. The Kier molecular flexibility index (Phi) is 6.60. The Morgan fingerprint density at radius 3 is 1.42 bits per heavy atom. The zero-order chi connectivity index (χ0) is 25.1. The van der Waals surface area contributed by atoms with Gasteiger partial charge in [-0.2, -0.15) is 0 Å². The summed E-state index contributed by atoms with van der Waals surface area (Å²) in [5.74, 6) is 2.59. The molecule has 0 aromatic heterocycles. The van der Waals surface area contributed by atoms with E-state index in [2.05, 4.69) is 12.1 Å². The summed E-state index contributed by atoms with van der Waals surface area (Å²) in [6.45, 7) is 3.83. The second-order valence-electron chi connectivity index (χ2n) is 9.75. The normalized spacial score (nSPS) is 14.8. The van der Waals surface area contributed by atoms with E-state index < -0.39 is 0 Å². The Morgan fingerprint density at radius 1 is 0.583 bits per heavy atom. The standard InChI is InChI=1S/C32H32O4/c1-22-18-24(20-28(30(22)33)35-26-12-6-3-7-13-26)32(16-10-5-11-17-32)25-19-23(2)31(34)29(21-25)36-27-14-8-4-9-15-27/h3-4,6-9,12-15,18-21,33-34H,5,10-11,16-17H2,1-2H3. The van der Waals surface area contributed by atoms with Gasteiger partial charge in [0.15, 0.2) is 23.0 Å². The summed E-state index contributed by atoms with van der Waals surface area (Å²) in [6, 6.07) is 27.2. The molecule has 0 bridgehead atoms. The lowest BCUT2D eigenvalue weighted by Crippen LogP contribution is -2.30. The van der Waals surface area contributed by atoms with Crippen molar-refractivity contribution in [3.63, 3.8) is 0 Å². The molecule has 4 aromatic rings. The van der Waals surface area contributed by atoms with Gasteiger partial charge in [0.2, 0.25) is 0 Å². The lowest BCUT2D eigenvalue weighted by atomic mass is 9.65. The van der Waals surface area contributed by atoms with Gasteiger partial charge in [0, 0.05) is 5.41 Å². The Hall–Kier alpha value is -3.92. The van der Waals surface area contributed by atoms with Crippen LogP contribution in [-0.4, -0.2) is 10.2 Å². The summed E-state index contributed by atoms with van der Waals surface area (Å²) in [6.07, 6.45) is 5.33. The highest BCUT2D eigenvalue weighted by Crippen LogP contribution is 2.50. The minimum absolute atomic E-state index is 0.156. The summed E-state index contributed by atoms with van der Waals surface area (Å²) < 4.78 is 12.3. The number of hydrogen-bond donors (Lipinski definition) is 2. The van der Waals surface area contributed by atoms with Crippen LogP contribution in [-0.2, 0) is 5.41 Å². The van der Waals surface area contributed by atoms with E-state index in [1.165, 1.54) is 6.42 Å². The first-order chi connectivity index (χ1) is 17.5. The largest absolute Gasteiger partial charge is 0.504 e. The van der Waals surface area contributed by atoms with E-state index in [0.717, 1.165) is 47.9 Å². The molecule has 0 saturated heterocycles. The number of aryl methyl sites for hydroxylation is 2. The highest BCUT2D eigenvalue weighted by molar-refractivity contribution is 5.57. The summed E-state index contributed by atoms with van der Waals surface area (Å²) in [7, 11) is 0. The molecule has 36 heavy (non-hydrogen) atoms. The third-order valence-corrected chi connectivity index (χ3v) is 7.29. The summed E-state index contributed by atoms with van der Waals surface area (Å²) in [5, 5.41) is 21.7. The van der Waals surface area contributed by atoms with Gasteiger partial charge >= 0.3 is 0 Å². The van der Waals surface area contributed by atoms with Crippen LogP contribution < -0.4 is 9.47 Å². The fourth-order valence-corrected chi connectivity index (χ4v) is 5.33. The SMILES string of the molecule is Cc1cc(C2(c3cc(C)c(O)c(Oc4ccccc4)c3)CCCCC2)cc(Oc2ccccc2)c1O. The number of aromatic hydroxyl groups is 2. The maximum atomic E-state index is 10.8.